The van der Waals surface area contributed by atoms with Crippen molar-refractivity contribution < 1.29 is 18.4 Å². The van der Waals surface area contributed by atoms with Gasteiger partial charge in [-0.3, -0.25) is 4.79 Å². The van der Waals surface area contributed by atoms with E-state index in [0.717, 1.165) is 48.1 Å². The highest BCUT2D eigenvalue weighted by Crippen LogP contribution is 2.32. The summed E-state index contributed by atoms with van der Waals surface area (Å²) < 4.78 is 28.8. The van der Waals surface area contributed by atoms with Crippen LogP contribution in [0.15, 0.2) is 60.7 Å². The van der Waals surface area contributed by atoms with Crippen molar-refractivity contribution in [3.8, 4) is 0 Å². The van der Waals surface area contributed by atoms with Gasteiger partial charge in [-0.2, -0.15) is 0 Å². The van der Waals surface area contributed by atoms with Crippen molar-refractivity contribution in [3.05, 3.63) is 82.9 Å². The van der Waals surface area contributed by atoms with E-state index in [9.17, 15) is 18.4 Å². The van der Waals surface area contributed by atoms with Crippen LogP contribution in [0.25, 0.3) is 0 Å². The molecule has 1 aliphatic rings. The number of carbonyl (C=O) groups excluding carboxylic acids is 2. The third kappa shape index (κ3) is 6.38. The van der Waals surface area contributed by atoms with Gasteiger partial charge in [0.25, 0.3) is 5.91 Å². The van der Waals surface area contributed by atoms with Gasteiger partial charge in [-0.05, 0) is 87.6 Å². The molecule has 3 aromatic rings. The molecule has 0 aliphatic carbocycles. The van der Waals surface area contributed by atoms with Crippen LogP contribution in [0, 0.1) is 11.6 Å². The second kappa shape index (κ2) is 12.0. The van der Waals surface area contributed by atoms with Crippen LogP contribution in [-0.2, 0) is 0 Å². The predicted octanol–water partition coefficient (Wildman–Crippen LogP) is 6.28. The average Bonchev–Trinajstić information content (AvgIpc) is 2.89. The van der Waals surface area contributed by atoms with Crippen LogP contribution in [0.3, 0.4) is 0 Å². The standard InChI is InChI=1S/C27H28ClF2N5O2S/c1-33-14-12-19(13-15-33)34(2)24-11-8-18(16-21(24)28)32-27(37)35(38)20-9-6-17(7-10-20)31-26(36)25-22(29)4-3-5-23(25)30/h3-11,16,19,38H,12-15H2,1-2H3,(H,31,36)(H,32,37). The number of urea groups is 1. The SMILES string of the molecule is CN1CCC(N(C)c2ccc(NC(=O)N(S)c3ccc(NC(=O)c4c(F)cccc4F)cc3)cc2Cl)CC1. The predicted molar refractivity (Wildman–Crippen MR) is 152 cm³/mol. The largest absolute Gasteiger partial charge is 0.370 e. The molecular formula is C27H28ClF2N5O2S. The monoisotopic (exact) mass is 559 g/mol. The number of benzene rings is 3. The first kappa shape index (κ1) is 27.7. The molecule has 1 heterocycles. The first-order valence-corrected chi connectivity index (χ1v) is 12.8. The van der Waals surface area contributed by atoms with E-state index in [-0.39, 0.29) is 0 Å². The van der Waals surface area contributed by atoms with E-state index in [1.54, 1.807) is 12.1 Å². The number of thiol groups is 1. The Morgan fingerprint density at radius 2 is 1.58 bits per heavy atom. The Hall–Kier alpha value is -3.34. The number of nitrogens with one attached hydrogen (secondary N) is 2. The topological polar surface area (TPSA) is 67.9 Å². The Morgan fingerprint density at radius 1 is 0.974 bits per heavy atom. The first-order chi connectivity index (χ1) is 18.1. The van der Waals surface area contributed by atoms with Gasteiger partial charge in [0.05, 0.1) is 16.4 Å². The minimum atomic E-state index is -0.959. The lowest BCUT2D eigenvalue weighted by Crippen LogP contribution is -2.42. The van der Waals surface area contributed by atoms with Gasteiger partial charge in [-0.25, -0.2) is 17.9 Å². The van der Waals surface area contributed by atoms with Crippen molar-refractivity contribution in [2.75, 3.05) is 47.0 Å². The fraction of sp³-hybridized carbons (Fsp3) is 0.259. The Bertz CT molecular complexity index is 1300. The summed E-state index contributed by atoms with van der Waals surface area (Å²) in [5, 5.41) is 5.73. The van der Waals surface area contributed by atoms with Crippen LogP contribution >= 0.6 is 24.4 Å². The normalized spacial score (nSPS) is 14.2. The third-order valence-corrected chi connectivity index (χ3v) is 7.28. The molecule has 3 amide bonds. The quantitative estimate of drug-likeness (QED) is 0.311. The van der Waals surface area contributed by atoms with Gasteiger partial charge in [-0.15, -0.1) is 0 Å². The Labute approximate surface area is 230 Å². The van der Waals surface area contributed by atoms with Gasteiger partial charge >= 0.3 is 6.03 Å². The lowest BCUT2D eigenvalue weighted by molar-refractivity contribution is 0.101. The fourth-order valence-electron chi connectivity index (χ4n) is 4.34. The number of hydrogen-bond acceptors (Lipinski definition) is 5. The van der Waals surface area contributed by atoms with E-state index < -0.39 is 29.1 Å². The van der Waals surface area contributed by atoms with Gasteiger partial charge in [-0.1, -0.05) is 30.5 Å². The van der Waals surface area contributed by atoms with E-state index in [0.29, 0.717) is 28.1 Å². The van der Waals surface area contributed by atoms with Crippen LogP contribution in [0.1, 0.15) is 23.2 Å². The minimum absolute atomic E-state index is 0.291. The van der Waals surface area contributed by atoms with Crippen molar-refractivity contribution in [3.63, 3.8) is 0 Å². The zero-order valence-corrected chi connectivity index (χ0v) is 22.6. The number of hydrogen-bond donors (Lipinski definition) is 3. The number of amides is 3. The van der Waals surface area contributed by atoms with Crippen LogP contribution < -0.4 is 19.8 Å². The van der Waals surface area contributed by atoms with Crippen molar-refractivity contribution in [2.24, 2.45) is 0 Å². The van der Waals surface area contributed by atoms with E-state index in [1.807, 2.05) is 13.1 Å². The van der Waals surface area contributed by atoms with Crippen molar-refractivity contribution in [1.82, 2.24) is 4.90 Å². The van der Waals surface area contributed by atoms with Gasteiger partial charge in [0, 0.05) is 24.5 Å². The van der Waals surface area contributed by atoms with E-state index in [2.05, 4.69) is 40.3 Å². The summed E-state index contributed by atoms with van der Waals surface area (Å²) in [6.07, 6.45) is 2.11. The van der Waals surface area contributed by atoms with Crippen molar-refractivity contribution >= 4 is 59.1 Å². The van der Waals surface area contributed by atoms with E-state index in [1.165, 1.54) is 30.3 Å². The van der Waals surface area contributed by atoms with E-state index in [4.69, 9.17) is 11.6 Å². The van der Waals surface area contributed by atoms with Crippen molar-refractivity contribution in [1.29, 1.82) is 0 Å². The summed E-state index contributed by atoms with van der Waals surface area (Å²) in [7, 11) is 4.15. The van der Waals surface area contributed by atoms with Crippen LogP contribution in [0.4, 0.5) is 36.3 Å². The molecule has 0 atom stereocenters. The fourth-order valence-corrected chi connectivity index (χ4v) is 4.83. The maximum absolute atomic E-state index is 13.9. The molecule has 3 aromatic carbocycles. The highest BCUT2D eigenvalue weighted by atomic mass is 35.5. The van der Waals surface area contributed by atoms with E-state index >= 15 is 0 Å². The number of nitrogens with zero attached hydrogens (tertiary/aromatic N) is 3. The summed E-state index contributed by atoms with van der Waals surface area (Å²) >= 11 is 10.8. The highest BCUT2D eigenvalue weighted by molar-refractivity contribution is 7.82. The molecule has 0 unspecified atom stereocenters. The zero-order chi connectivity index (χ0) is 27.4. The molecule has 38 heavy (non-hydrogen) atoms. The Balaban J connectivity index is 1.37. The third-order valence-electron chi connectivity index (χ3n) is 6.57. The molecule has 2 N–H and O–H groups in total. The molecule has 0 aromatic heterocycles. The summed E-state index contributed by atoms with van der Waals surface area (Å²) in [6, 6.07) is 14.5. The van der Waals surface area contributed by atoms with Gasteiger partial charge in [0.2, 0.25) is 0 Å². The van der Waals surface area contributed by atoms with Gasteiger partial charge in [0.1, 0.15) is 17.2 Å². The van der Waals surface area contributed by atoms with Crippen LogP contribution in [0.2, 0.25) is 5.02 Å². The number of piperidine rings is 1. The maximum Gasteiger partial charge on any atom is 0.336 e. The summed E-state index contributed by atoms with van der Waals surface area (Å²) in [6.45, 7) is 2.08. The molecule has 1 fully saturated rings. The first-order valence-electron chi connectivity index (χ1n) is 12.0. The maximum atomic E-state index is 13.9. The second-order valence-electron chi connectivity index (χ2n) is 9.15. The number of rotatable bonds is 6. The number of carbonyl (C=O) groups is 2. The van der Waals surface area contributed by atoms with Crippen LogP contribution in [-0.4, -0.2) is 50.1 Å². The molecule has 11 heteroatoms. The molecule has 4 rings (SSSR count). The smallest absolute Gasteiger partial charge is 0.336 e. The van der Waals surface area contributed by atoms with Gasteiger partial charge < -0.3 is 20.4 Å². The molecule has 1 aliphatic heterocycles. The average molecular weight is 560 g/mol. The zero-order valence-electron chi connectivity index (χ0n) is 20.9. The summed E-state index contributed by atoms with van der Waals surface area (Å²) in [5.41, 5.74) is 1.43. The van der Waals surface area contributed by atoms with Gasteiger partial charge in [0.15, 0.2) is 0 Å². The lowest BCUT2D eigenvalue weighted by atomic mass is 10.0. The lowest BCUT2D eigenvalue weighted by Gasteiger charge is -2.36. The molecule has 0 saturated carbocycles. The second-order valence-corrected chi connectivity index (χ2v) is 9.96. The number of halogens is 3. The molecular weight excluding hydrogens is 532 g/mol. The molecule has 0 bridgehead atoms. The summed E-state index contributed by atoms with van der Waals surface area (Å²) in [4.78, 5) is 29.6. The Kier molecular flexibility index (Phi) is 8.76. The molecule has 200 valence electrons. The minimum Gasteiger partial charge on any atom is -0.370 e. The number of anilines is 4. The van der Waals surface area contributed by atoms with Crippen LogP contribution in [0.5, 0.6) is 0 Å². The molecule has 7 nitrogen and oxygen atoms in total. The summed E-state index contributed by atoms with van der Waals surface area (Å²) in [5.74, 6) is -2.84. The number of likely N-dealkylation sites (tertiary alicyclic amines) is 1. The molecule has 0 radical (unpaired) electrons. The van der Waals surface area contributed by atoms with Crippen molar-refractivity contribution in [2.45, 2.75) is 18.9 Å². The molecule has 1 saturated heterocycles. The Morgan fingerprint density at radius 3 is 2.18 bits per heavy atom. The highest BCUT2D eigenvalue weighted by Gasteiger charge is 2.23. The molecule has 0 spiro atoms.